The quantitative estimate of drug-likeness (QED) is 0.904. The second kappa shape index (κ2) is 7.78. The van der Waals surface area contributed by atoms with Gasteiger partial charge in [-0.1, -0.05) is 12.1 Å². The fraction of sp³-hybridized carbons (Fsp3) is 0.421. The molecule has 0 radical (unpaired) electrons. The fourth-order valence-electron chi connectivity index (χ4n) is 3.34. The van der Waals surface area contributed by atoms with Gasteiger partial charge in [0.2, 0.25) is 5.43 Å². The number of likely N-dealkylation sites (tertiary alicyclic amines) is 1. The molecule has 1 aliphatic heterocycles. The third-order valence-electron chi connectivity index (χ3n) is 4.79. The number of carbonyl (C=O) groups is 1. The maximum Gasteiger partial charge on any atom is 0.278 e. The summed E-state index contributed by atoms with van der Waals surface area (Å²) in [7, 11) is 1.92. The molecular formula is C19H23FN4O2. The van der Waals surface area contributed by atoms with E-state index in [1.54, 1.807) is 30.0 Å². The van der Waals surface area contributed by atoms with Crippen LogP contribution in [0.15, 0.2) is 35.1 Å². The number of hydrogen-bond donors (Lipinski definition) is 1. The minimum absolute atomic E-state index is 0.161. The van der Waals surface area contributed by atoms with E-state index in [1.165, 1.54) is 16.8 Å². The minimum Gasteiger partial charge on any atom is -0.337 e. The van der Waals surface area contributed by atoms with Gasteiger partial charge in [-0.25, -0.2) is 9.07 Å². The molecule has 2 aromatic rings. The summed E-state index contributed by atoms with van der Waals surface area (Å²) in [4.78, 5) is 26.8. The molecule has 2 heterocycles. The topological polar surface area (TPSA) is 67.2 Å². The lowest BCUT2D eigenvalue weighted by Gasteiger charge is -2.31. The van der Waals surface area contributed by atoms with Crippen molar-refractivity contribution in [2.45, 2.75) is 19.8 Å². The van der Waals surface area contributed by atoms with Gasteiger partial charge in [-0.05, 0) is 51.4 Å². The Morgan fingerprint density at radius 2 is 2.00 bits per heavy atom. The second-order valence-electron chi connectivity index (χ2n) is 6.66. The number of carbonyl (C=O) groups excluding carboxylic acids is 1. The molecule has 1 aliphatic rings. The molecule has 1 aromatic carbocycles. The van der Waals surface area contributed by atoms with Crippen LogP contribution < -0.4 is 10.7 Å². The molecule has 1 amide bonds. The monoisotopic (exact) mass is 358 g/mol. The van der Waals surface area contributed by atoms with E-state index in [2.05, 4.69) is 10.4 Å². The van der Waals surface area contributed by atoms with Crippen molar-refractivity contribution in [2.24, 2.45) is 5.92 Å². The fourth-order valence-corrected chi connectivity index (χ4v) is 3.34. The average molecular weight is 358 g/mol. The summed E-state index contributed by atoms with van der Waals surface area (Å²) in [6.45, 7) is 3.78. The second-order valence-corrected chi connectivity index (χ2v) is 6.66. The van der Waals surface area contributed by atoms with Crippen LogP contribution in [0.1, 0.15) is 29.0 Å². The van der Waals surface area contributed by atoms with Gasteiger partial charge in [-0.3, -0.25) is 9.59 Å². The van der Waals surface area contributed by atoms with E-state index in [0.29, 0.717) is 24.7 Å². The Kier molecular flexibility index (Phi) is 5.46. The van der Waals surface area contributed by atoms with Crippen molar-refractivity contribution in [2.75, 3.05) is 26.7 Å². The highest BCUT2D eigenvalue weighted by Crippen LogP contribution is 2.18. The first kappa shape index (κ1) is 18.3. The van der Waals surface area contributed by atoms with Crippen LogP contribution in [0.4, 0.5) is 4.39 Å². The van der Waals surface area contributed by atoms with Gasteiger partial charge in [-0.2, -0.15) is 5.10 Å². The van der Waals surface area contributed by atoms with Crippen molar-refractivity contribution >= 4 is 5.91 Å². The summed E-state index contributed by atoms with van der Waals surface area (Å²) in [6, 6.07) is 7.49. The first-order chi connectivity index (χ1) is 12.5. The van der Waals surface area contributed by atoms with Crippen LogP contribution in [0.25, 0.3) is 5.69 Å². The molecule has 0 saturated carbocycles. The van der Waals surface area contributed by atoms with Gasteiger partial charge in [0.1, 0.15) is 11.5 Å². The lowest BCUT2D eigenvalue weighted by molar-refractivity contribution is 0.0681. The summed E-state index contributed by atoms with van der Waals surface area (Å²) >= 11 is 0. The van der Waals surface area contributed by atoms with E-state index in [4.69, 9.17) is 0 Å². The van der Waals surface area contributed by atoms with Crippen LogP contribution >= 0.6 is 0 Å². The predicted octanol–water partition coefficient (Wildman–Crippen LogP) is 1.75. The summed E-state index contributed by atoms with van der Waals surface area (Å²) < 4.78 is 15.4. The number of amides is 1. The summed E-state index contributed by atoms with van der Waals surface area (Å²) in [5.74, 6) is -0.314. The molecule has 0 unspecified atom stereocenters. The number of piperidine rings is 1. The molecule has 26 heavy (non-hydrogen) atoms. The van der Waals surface area contributed by atoms with Crippen molar-refractivity contribution in [1.82, 2.24) is 20.0 Å². The third-order valence-corrected chi connectivity index (χ3v) is 4.79. The molecule has 0 atom stereocenters. The average Bonchev–Trinajstić information content (AvgIpc) is 2.63. The van der Waals surface area contributed by atoms with Gasteiger partial charge in [0.15, 0.2) is 5.69 Å². The van der Waals surface area contributed by atoms with Crippen molar-refractivity contribution in [1.29, 1.82) is 0 Å². The van der Waals surface area contributed by atoms with Crippen LogP contribution in [0.2, 0.25) is 0 Å². The number of para-hydroxylation sites is 1. The maximum absolute atomic E-state index is 14.1. The SMILES string of the molecule is CNCC1CCN(C(=O)c2nn(-c3ccccc3F)c(C)cc2=O)CC1. The molecule has 1 saturated heterocycles. The number of nitrogens with one attached hydrogen (secondary N) is 1. The predicted molar refractivity (Wildman–Crippen MR) is 97.1 cm³/mol. The zero-order valence-electron chi connectivity index (χ0n) is 15.0. The smallest absolute Gasteiger partial charge is 0.278 e. The first-order valence-corrected chi connectivity index (χ1v) is 8.81. The van der Waals surface area contributed by atoms with E-state index in [1.807, 2.05) is 7.05 Å². The van der Waals surface area contributed by atoms with Crippen LogP contribution in [0.5, 0.6) is 0 Å². The Hall–Kier alpha value is -2.54. The van der Waals surface area contributed by atoms with Crippen LogP contribution in [0.3, 0.4) is 0 Å². The van der Waals surface area contributed by atoms with Gasteiger partial charge in [0, 0.05) is 24.8 Å². The summed E-state index contributed by atoms with van der Waals surface area (Å²) in [6.07, 6.45) is 1.78. The number of halogens is 1. The third kappa shape index (κ3) is 3.67. The number of aryl methyl sites for hydroxylation is 1. The molecule has 1 fully saturated rings. The molecular weight excluding hydrogens is 335 g/mol. The highest BCUT2D eigenvalue weighted by atomic mass is 19.1. The maximum atomic E-state index is 14.1. The van der Waals surface area contributed by atoms with Crippen LogP contribution in [-0.2, 0) is 0 Å². The number of rotatable bonds is 4. The summed E-state index contributed by atoms with van der Waals surface area (Å²) in [5, 5.41) is 7.35. The van der Waals surface area contributed by atoms with Gasteiger partial charge >= 0.3 is 0 Å². The Morgan fingerprint density at radius 1 is 1.31 bits per heavy atom. The number of hydrogen-bond acceptors (Lipinski definition) is 4. The molecule has 0 aliphatic carbocycles. The van der Waals surface area contributed by atoms with Crippen molar-refractivity contribution in [3.05, 3.63) is 57.8 Å². The van der Waals surface area contributed by atoms with Crippen LogP contribution in [0, 0.1) is 18.7 Å². The van der Waals surface area contributed by atoms with E-state index < -0.39 is 11.2 Å². The molecule has 7 heteroatoms. The van der Waals surface area contributed by atoms with Gasteiger partial charge in [-0.15, -0.1) is 0 Å². The normalized spacial score (nSPS) is 15.3. The zero-order valence-corrected chi connectivity index (χ0v) is 15.0. The highest BCUT2D eigenvalue weighted by molar-refractivity contribution is 5.92. The summed E-state index contributed by atoms with van der Waals surface area (Å²) in [5.41, 5.74) is 0.0968. The zero-order chi connectivity index (χ0) is 18.7. The van der Waals surface area contributed by atoms with Crippen molar-refractivity contribution in [3.8, 4) is 5.69 Å². The Labute approximate surface area is 151 Å². The van der Waals surface area contributed by atoms with E-state index in [0.717, 1.165) is 19.4 Å². The molecule has 3 rings (SSSR count). The standard InChI is InChI=1S/C19H23FN4O2/c1-13-11-17(25)18(22-24(13)16-6-4-3-5-15(16)20)19(26)23-9-7-14(8-10-23)12-21-2/h3-6,11,14,21H,7-10,12H2,1-2H3. The number of benzene rings is 1. The molecule has 6 nitrogen and oxygen atoms in total. The first-order valence-electron chi connectivity index (χ1n) is 8.81. The van der Waals surface area contributed by atoms with E-state index in [9.17, 15) is 14.0 Å². The lowest BCUT2D eigenvalue weighted by atomic mass is 9.96. The molecule has 0 bridgehead atoms. The van der Waals surface area contributed by atoms with Gasteiger partial charge in [0.25, 0.3) is 5.91 Å². The Morgan fingerprint density at radius 3 is 2.65 bits per heavy atom. The number of aromatic nitrogens is 2. The molecule has 0 spiro atoms. The molecule has 1 N–H and O–H groups in total. The lowest BCUT2D eigenvalue weighted by Crippen LogP contribution is -2.42. The van der Waals surface area contributed by atoms with Crippen LogP contribution in [-0.4, -0.2) is 47.3 Å². The number of nitrogens with zero attached hydrogens (tertiary/aromatic N) is 3. The Bertz CT molecular complexity index is 857. The van der Waals surface area contributed by atoms with E-state index in [-0.39, 0.29) is 17.3 Å². The largest absolute Gasteiger partial charge is 0.337 e. The van der Waals surface area contributed by atoms with Gasteiger partial charge in [0.05, 0.1) is 0 Å². The van der Waals surface area contributed by atoms with Gasteiger partial charge < -0.3 is 10.2 Å². The highest BCUT2D eigenvalue weighted by Gasteiger charge is 2.26. The molecule has 1 aromatic heterocycles. The van der Waals surface area contributed by atoms with Crippen molar-refractivity contribution < 1.29 is 9.18 Å². The Balaban J connectivity index is 1.89. The minimum atomic E-state index is -0.460. The molecule has 138 valence electrons. The van der Waals surface area contributed by atoms with Crippen molar-refractivity contribution in [3.63, 3.8) is 0 Å². The van der Waals surface area contributed by atoms with E-state index >= 15 is 0 Å².